The average Bonchev–Trinajstić information content (AvgIpc) is 1.37. The van der Waals surface area contributed by atoms with E-state index in [4.69, 9.17) is 4.79 Å². The summed E-state index contributed by atoms with van der Waals surface area (Å²) in [5.41, 5.74) is 0. The first kappa shape index (κ1) is 3.32. The smallest absolute Gasteiger partial charge is 0.235 e. The summed E-state index contributed by atoms with van der Waals surface area (Å²) in [5, 5.41) is 0. The molecule has 0 radical (unpaired) electrons. The van der Waals surface area contributed by atoms with E-state index in [1.54, 1.807) is 0 Å². The first-order valence-corrected chi connectivity index (χ1v) is 0.878. The van der Waals surface area contributed by atoms with E-state index in [0.29, 0.717) is 6.29 Å². The molecule has 0 aromatic heterocycles. The second-order valence-electron chi connectivity index (χ2n) is 0.322. The minimum absolute atomic E-state index is 0.514. The Morgan fingerprint density at radius 1 is 2.00 bits per heavy atom. The minimum atomic E-state index is 0.514. The van der Waals surface area contributed by atoms with E-state index >= 15 is 0 Å². The maximum Gasteiger partial charge on any atom is 0.380 e. The van der Waals surface area contributed by atoms with Crippen molar-refractivity contribution in [2.24, 2.45) is 0 Å². The summed E-state index contributed by atoms with van der Waals surface area (Å²) in [6.07, 6.45) is 2.51. The molecule has 1 nitrogen and oxygen atoms in total. The van der Waals surface area contributed by atoms with Crippen LogP contribution in [-0.2, 0) is 4.79 Å². The van der Waals surface area contributed by atoms with Crippen LogP contribution in [0.1, 0.15) is 0 Å². The van der Waals surface area contributed by atoms with Gasteiger partial charge in [-0.1, -0.05) is 0 Å². The van der Waals surface area contributed by atoms with E-state index in [2.05, 4.69) is 6.58 Å². The largest absolute Gasteiger partial charge is 0.380 e. The second kappa shape index (κ2) is 2.32. The van der Waals surface area contributed by atoms with Crippen LogP contribution < -0.4 is 0 Å². The molecule has 0 N–H and O–H groups in total. The Bertz CT molecular complexity index is 24.3. The lowest BCUT2D eigenvalue weighted by Gasteiger charge is -1.13. The minimum Gasteiger partial charge on any atom is -0.235 e. The molecule has 0 saturated carbocycles. The summed E-state index contributed by atoms with van der Waals surface area (Å²) in [7, 11) is 0. The number of rotatable bonds is 1. The Balaban J connectivity index is 2.73. The van der Waals surface area contributed by atoms with Gasteiger partial charge < -0.3 is 0 Å². The number of hydrogen-bond acceptors (Lipinski definition) is 1. The van der Waals surface area contributed by atoms with Crippen molar-refractivity contribution in [2.45, 2.75) is 0 Å². The summed E-state index contributed by atoms with van der Waals surface area (Å²) >= 11 is 0. The molecule has 0 rings (SSSR count). The molecule has 0 aliphatic heterocycles. The lowest BCUT2D eigenvalue weighted by molar-refractivity contribution is -0.104. The van der Waals surface area contributed by atoms with Crippen LogP contribution in [0.5, 0.6) is 0 Å². The van der Waals surface area contributed by atoms with Crippen molar-refractivity contribution < 1.29 is 4.79 Å². The van der Waals surface area contributed by atoms with Crippen molar-refractivity contribution in [3.05, 3.63) is 12.7 Å². The van der Waals surface area contributed by atoms with Gasteiger partial charge in [-0.25, -0.2) is 4.79 Å². The zero-order valence-corrected chi connectivity index (χ0v) is 2.19. The van der Waals surface area contributed by atoms with Gasteiger partial charge in [0, 0.05) is 0 Å². The van der Waals surface area contributed by atoms with Gasteiger partial charge in [-0.2, -0.15) is 0 Å². The normalized spacial score (nSPS) is 4.00. The van der Waals surface area contributed by atoms with Gasteiger partial charge in [-0.3, -0.25) is 0 Å². The molecular formula is C3H3O+. The molecule has 0 saturated heterocycles. The molecule has 0 unspecified atom stereocenters. The van der Waals surface area contributed by atoms with E-state index in [0.717, 1.165) is 0 Å². The van der Waals surface area contributed by atoms with Crippen LogP contribution in [0.3, 0.4) is 0 Å². The Morgan fingerprint density at radius 2 is 2.25 bits per heavy atom. The van der Waals surface area contributed by atoms with Gasteiger partial charge in [0.2, 0.25) is 0 Å². The molecule has 0 amide bonds. The van der Waals surface area contributed by atoms with Crippen molar-refractivity contribution in [1.82, 2.24) is 0 Å². The summed E-state index contributed by atoms with van der Waals surface area (Å²) in [6.45, 7) is 2.99. The van der Waals surface area contributed by atoms with Crippen LogP contribution in [-0.4, -0.2) is 6.29 Å². The third-order valence-corrected chi connectivity index (χ3v) is 0.0833. The predicted octanol–water partition coefficient (Wildman–Crippen LogP) is 0.174. The van der Waals surface area contributed by atoms with Gasteiger partial charge in [0.15, 0.2) is 6.58 Å². The molecule has 0 fully saturated rings. The summed E-state index contributed by atoms with van der Waals surface area (Å²) in [4.78, 5) is 9.00. The van der Waals surface area contributed by atoms with E-state index < -0.39 is 0 Å². The fourth-order valence-corrected chi connectivity index (χ4v) is 0. The van der Waals surface area contributed by atoms with Crippen LogP contribution in [0.25, 0.3) is 0 Å². The standard InChI is InChI=1S/C3H3O/c1-2-3-4/h3H,1H2/q+1. The molecule has 0 aliphatic rings. The average molecular weight is 55.1 g/mol. The molecule has 0 aliphatic carbocycles. The zero-order valence-electron chi connectivity index (χ0n) is 2.19. The molecule has 4 heavy (non-hydrogen) atoms. The molecule has 0 atom stereocenters. The third-order valence-electron chi connectivity index (χ3n) is 0.0833. The van der Waals surface area contributed by atoms with Gasteiger partial charge in [-0.05, 0) is 0 Å². The van der Waals surface area contributed by atoms with E-state index in [-0.39, 0.29) is 0 Å². The molecule has 0 spiro atoms. The lowest BCUT2D eigenvalue weighted by atomic mass is 10.8. The molecule has 0 aromatic carbocycles. The number of aldehydes is 1. The van der Waals surface area contributed by atoms with Gasteiger partial charge in [-0.15, -0.1) is 0 Å². The Labute approximate surface area is 24.9 Å². The highest BCUT2D eigenvalue weighted by Crippen LogP contribution is 1.31. The predicted molar refractivity (Wildman–Crippen MR) is 14.9 cm³/mol. The maximum atomic E-state index is 9.00. The van der Waals surface area contributed by atoms with E-state index in [9.17, 15) is 0 Å². The van der Waals surface area contributed by atoms with Crippen molar-refractivity contribution in [2.75, 3.05) is 0 Å². The fourth-order valence-electron chi connectivity index (χ4n) is 0. The van der Waals surface area contributed by atoms with Gasteiger partial charge in [0.25, 0.3) is 6.08 Å². The molecule has 20 valence electrons. The van der Waals surface area contributed by atoms with Crippen LogP contribution in [0.15, 0.2) is 6.58 Å². The Kier molecular flexibility index (Phi) is 1.93. The van der Waals surface area contributed by atoms with Gasteiger partial charge in [0.1, 0.15) is 0 Å². The van der Waals surface area contributed by atoms with Crippen molar-refractivity contribution in [1.29, 1.82) is 0 Å². The summed E-state index contributed by atoms with van der Waals surface area (Å²) in [5.74, 6) is 0. The van der Waals surface area contributed by atoms with Crippen LogP contribution in [0, 0.1) is 6.08 Å². The van der Waals surface area contributed by atoms with E-state index in [1.807, 2.05) is 6.08 Å². The summed E-state index contributed by atoms with van der Waals surface area (Å²) < 4.78 is 0. The highest BCUT2D eigenvalue weighted by molar-refractivity contribution is 5.58. The monoisotopic (exact) mass is 55.0 g/mol. The molecule has 0 bridgehead atoms. The van der Waals surface area contributed by atoms with E-state index in [1.165, 1.54) is 0 Å². The number of allylic oxidation sites excluding steroid dienone is 1. The van der Waals surface area contributed by atoms with Crippen molar-refractivity contribution in [3.8, 4) is 0 Å². The third kappa shape index (κ3) is 1.32. The number of carbonyl (C=O) groups excluding carboxylic acids is 1. The highest BCUT2D eigenvalue weighted by Gasteiger charge is 1.64. The molecule has 0 aromatic rings. The number of hydrogen-bond donors (Lipinski definition) is 0. The summed E-state index contributed by atoms with van der Waals surface area (Å²) in [6, 6.07) is 0. The first-order valence-electron chi connectivity index (χ1n) is 0.878. The lowest BCUT2D eigenvalue weighted by Crippen LogP contribution is -1.47. The maximum absolute atomic E-state index is 9.00. The van der Waals surface area contributed by atoms with Crippen LogP contribution in [0.2, 0.25) is 0 Å². The quantitative estimate of drug-likeness (QED) is 0.237. The van der Waals surface area contributed by atoms with Crippen LogP contribution >= 0.6 is 0 Å². The Morgan fingerprint density at radius 3 is 2.25 bits per heavy atom. The molecule has 1 heteroatoms. The second-order valence-corrected chi connectivity index (χ2v) is 0.322. The zero-order chi connectivity index (χ0) is 3.41. The molecule has 0 heterocycles. The first-order chi connectivity index (χ1) is 1.91. The van der Waals surface area contributed by atoms with Gasteiger partial charge >= 0.3 is 6.29 Å². The Hall–Kier alpha value is -0.680. The number of carbonyl (C=O) groups is 1. The van der Waals surface area contributed by atoms with Gasteiger partial charge in [0.05, 0.1) is 0 Å². The SMILES string of the molecule is C=[C+]C=O. The fraction of sp³-hybridized carbons (Fsp3) is 0. The van der Waals surface area contributed by atoms with Crippen molar-refractivity contribution in [3.63, 3.8) is 0 Å². The van der Waals surface area contributed by atoms with Crippen LogP contribution in [0.4, 0.5) is 0 Å². The van der Waals surface area contributed by atoms with Crippen molar-refractivity contribution >= 4 is 6.29 Å². The molecular weight excluding hydrogens is 52.0 g/mol. The topological polar surface area (TPSA) is 17.1 Å². The highest BCUT2D eigenvalue weighted by atomic mass is 16.1.